The Balaban J connectivity index is 1.69. The highest BCUT2D eigenvalue weighted by molar-refractivity contribution is 5.81. The molecule has 4 heteroatoms. The second-order valence-electron chi connectivity index (χ2n) is 7.08. The lowest BCUT2D eigenvalue weighted by Crippen LogP contribution is -2.07. The first-order chi connectivity index (χ1) is 12.2. The van der Waals surface area contributed by atoms with E-state index in [2.05, 4.69) is 34.2 Å². The third-order valence-electron chi connectivity index (χ3n) is 5.06. The van der Waals surface area contributed by atoms with Crippen molar-refractivity contribution in [2.24, 2.45) is 5.92 Å². The first-order valence-corrected chi connectivity index (χ1v) is 9.05. The minimum atomic E-state index is 0.753. The summed E-state index contributed by atoms with van der Waals surface area (Å²) in [6.45, 7) is 3.04. The van der Waals surface area contributed by atoms with Crippen molar-refractivity contribution < 1.29 is 0 Å². The lowest BCUT2D eigenvalue weighted by Gasteiger charge is -2.10. The molecule has 1 aliphatic carbocycles. The third-order valence-corrected chi connectivity index (χ3v) is 5.06. The fraction of sp³-hybridized carbons (Fsp3) is 0.333. The zero-order valence-corrected chi connectivity index (χ0v) is 14.7. The van der Waals surface area contributed by atoms with Gasteiger partial charge in [-0.2, -0.15) is 5.10 Å². The molecular weight excluding hydrogens is 308 g/mol. The van der Waals surface area contributed by atoms with Gasteiger partial charge < -0.3 is 5.73 Å². The van der Waals surface area contributed by atoms with Crippen LogP contribution in [0.5, 0.6) is 0 Å². The van der Waals surface area contributed by atoms with Crippen molar-refractivity contribution in [3.63, 3.8) is 0 Å². The molecule has 2 aromatic heterocycles. The van der Waals surface area contributed by atoms with E-state index in [1.165, 1.54) is 25.7 Å². The van der Waals surface area contributed by atoms with Crippen LogP contribution >= 0.6 is 0 Å². The summed E-state index contributed by atoms with van der Waals surface area (Å²) in [4.78, 5) is 4.78. The SMILES string of the molecule is Cc1ccc(-c2cnn(CC3CCCC3)c2)c(-c2cccc(N)c2)n1. The lowest BCUT2D eigenvalue weighted by atomic mass is 10.0. The van der Waals surface area contributed by atoms with Gasteiger partial charge in [0, 0.05) is 40.8 Å². The van der Waals surface area contributed by atoms with Crippen LogP contribution in [0.25, 0.3) is 22.4 Å². The quantitative estimate of drug-likeness (QED) is 0.705. The summed E-state index contributed by atoms with van der Waals surface area (Å²) in [5.74, 6) is 0.775. The number of rotatable bonds is 4. The minimum absolute atomic E-state index is 0.753. The lowest BCUT2D eigenvalue weighted by molar-refractivity contribution is 0.429. The monoisotopic (exact) mass is 332 g/mol. The first-order valence-electron chi connectivity index (χ1n) is 9.05. The van der Waals surface area contributed by atoms with Crippen LogP contribution in [0, 0.1) is 12.8 Å². The topological polar surface area (TPSA) is 56.7 Å². The van der Waals surface area contributed by atoms with Gasteiger partial charge in [0.25, 0.3) is 0 Å². The standard InChI is InChI=1S/C21H24N4/c1-15-9-10-20(21(24-15)17-7-4-8-19(22)11-17)18-12-23-25(14-18)13-16-5-2-3-6-16/h4,7-12,14,16H,2-3,5-6,13,22H2,1H3. The molecule has 4 nitrogen and oxygen atoms in total. The average Bonchev–Trinajstić information content (AvgIpc) is 3.27. The van der Waals surface area contributed by atoms with Crippen molar-refractivity contribution in [1.82, 2.24) is 14.8 Å². The number of nitrogens with two attached hydrogens (primary N) is 1. The van der Waals surface area contributed by atoms with Gasteiger partial charge in [-0.25, -0.2) is 0 Å². The normalized spacial score (nSPS) is 14.9. The molecule has 3 aromatic rings. The Labute approximate surface area is 148 Å². The van der Waals surface area contributed by atoms with Gasteiger partial charge in [-0.3, -0.25) is 9.67 Å². The third kappa shape index (κ3) is 3.43. The Morgan fingerprint density at radius 2 is 1.96 bits per heavy atom. The van der Waals surface area contributed by atoms with Gasteiger partial charge >= 0.3 is 0 Å². The number of nitrogens with zero attached hydrogens (tertiary/aromatic N) is 3. The number of hydrogen-bond acceptors (Lipinski definition) is 3. The van der Waals surface area contributed by atoms with Crippen molar-refractivity contribution in [3.05, 3.63) is 54.5 Å². The van der Waals surface area contributed by atoms with E-state index in [0.717, 1.165) is 46.2 Å². The predicted molar refractivity (Wildman–Crippen MR) is 102 cm³/mol. The highest BCUT2D eigenvalue weighted by atomic mass is 15.3. The number of aromatic nitrogens is 3. The van der Waals surface area contributed by atoms with Crippen molar-refractivity contribution in [3.8, 4) is 22.4 Å². The molecule has 25 heavy (non-hydrogen) atoms. The average molecular weight is 332 g/mol. The highest BCUT2D eigenvalue weighted by Crippen LogP contribution is 2.32. The second kappa shape index (κ2) is 6.71. The molecule has 0 saturated heterocycles. The van der Waals surface area contributed by atoms with Gasteiger partial charge in [-0.1, -0.05) is 31.0 Å². The molecule has 0 atom stereocenters. The summed E-state index contributed by atoms with van der Waals surface area (Å²) in [5.41, 5.74) is 12.0. The zero-order valence-electron chi connectivity index (χ0n) is 14.7. The van der Waals surface area contributed by atoms with Gasteiger partial charge in [0.15, 0.2) is 0 Å². The van der Waals surface area contributed by atoms with E-state index in [4.69, 9.17) is 10.7 Å². The first kappa shape index (κ1) is 15.9. The number of benzene rings is 1. The van der Waals surface area contributed by atoms with Crippen LogP contribution in [-0.2, 0) is 6.54 Å². The van der Waals surface area contributed by atoms with Gasteiger partial charge in [-0.05, 0) is 43.9 Å². The van der Waals surface area contributed by atoms with E-state index in [-0.39, 0.29) is 0 Å². The summed E-state index contributed by atoms with van der Waals surface area (Å²) in [6, 6.07) is 12.1. The van der Waals surface area contributed by atoms with Crippen LogP contribution in [0.15, 0.2) is 48.8 Å². The second-order valence-corrected chi connectivity index (χ2v) is 7.08. The Morgan fingerprint density at radius 3 is 2.76 bits per heavy atom. The van der Waals surface area contributed by atoms with Crippen LogP contribution < -0.4 is 5.73 Å². The molecule has 1 aliphatic rings. The molecule has 1 fully saturated rings. The maximum Gasteiger partial charge on any atom is 0.0785 e. The van der Waals surface area contributed by atoms with Crippen LogP contribution in [0.1, 0.15) is 31.4 Å². The largest absolute Gasteiger partial charge is 0.399 e. The van der Waals surface area contributed by atoms with E-state index >= 15 is 0 Å². The predicted octanol–water partition coefficient (Wildman–Crippen LogP) is 4.69. The summed E-state index contributed by atoms with van der Waals surface area (Å²) in [5, 5.41) is 4.60. The van der Waals surface area contributed by atoms with Crippen LogP contribution in [0.2, 0.25) is 0 Å². The number of hydrogen-bond donors (Lipinski definition) is 1. The van der Waals surface area contributed by atoms with Crippen molar-refractivity contribution >= 4 is 5.69 Å². The minimum Gasteiger partial charge on any atom is -0.399 e. The molecule has 0 unspecified atom stereocenters. The summed E-state index contributed by atoms with van der Waals surface area (Å²) >= 11 is 0. The van der Waals surface area contributed by atoms with Crippen molar-refractivity contribution in [2.75, 3.05) is 5.73 Å². The molecule has 128 valence electrons. The molecule has 2 heterocycles. The Bertz CT molecular complexity index is 875. The maximum atomic E-state index is 5.97. The summed E-state index contributed by atoms with van der Waals surface area (Å²) in [6.07, 6.45) is 9.49. The highest BCUT2D eigenvalue weighted by Gasteiger charge is 2.17. The van der Waals surface area contributed by atoms with Crippen LogP contribution in [-0.4, -0.2) is 14.8 Å². The molecule has 0 aliphatic heterocycles. The fourth-order valence-electron chi connectivity index (χ4n) is 3.76. The van der Waals surface area contributed by atoms with Crippen molar-refractivity contribution in [1.29, 1.82) is 0 Å². The Hall–Kier alpha value is -2.62. The summed E-state index contributed by atoms with van der Waals surface area (Å²) in [7, 11) is 0. The maximum absolute atomic E-state index is 5.97. The molecule has 2 N–H and O–H groups in total. The van der Waals surface area contributed by atoms with E-state index in [1.807, 2.05) is 31.3 Å². The number of pyridine rings is 1. The molecular formula is C21H24N4. The van der Waals surface area contributed by atoms with Crippen LogP contribution in [0.4, 0.5) is 5.69 Å². The molecule has 0 bridgehead atoms. The smallest absolute Gasteiger partial charge is 0.0785 e. The van der Waals surface area contributed by atoms with Gasteiger partial charge in [-0.15, -0.1) is 0 Å². The fourth-order valence-corrected chi connectivity index (χ4v) is 3.76. The van der Waals surface area contributed by atoms with E-state index < -0.39 is 0 Å². The molecule has 0 spiro atoms. The Morgan fingerprint density at radius 1 is 1.12 bits per heavy atom. The van der Waals surface area contributed by atoms with Gasteiger partial charge in [0.1, 0.15) is 0 Å². The zero-order chi connectivity index (χ0) is 17.2. The Kier molecular flexibility index (Phi) is 4.26. The van der Waals surface area contributed by atoms with Gasteiger partial charge in [0.05, 0.1) is 11.9 Å². The van der Waals surface area contributed by atoms with Crippen LogP contribution in [0.3, 0.4) is 0 Å². The number of aryl methyl sites for hydroxylation is 1. The van der Waals surface area contributed by atoms with E-state index in [1.54, 1.807) is 0 Å². The number of nitrogen functional groups attached to an aromatic ring is 1. The molecule has 1 saturated carbocycles. The molecule has 4 rings (SSSR count). The van der Waals surface area contributed by atoms with E-state index in [0.29, 0.717) is 0 Å². The summed E-state index contributed by atoms with van der Waals surface area (Å²) < 4.78 is 2.09. The van der Waals surface area contributed by atoms with Crippen molar-refractivity contribution in [2.45, 2.75) is 39.2 Å². The van der Waals surface area contributed by atoms with E-state index in [9.17, 15) is 0 Å². The molecule has 0 amide bonds. The number of anilines is 1. The molecule has 0 radical (unpaired) electrons. The molecule has 1 aromatic carbocycles. The van der Waals surface area contributed by atoms with Gasteiger partial charge in [0.2, 0.25) is 0 Å².